The maximum atomic E-state index is 10.5. The molecule has 0 heterocycles. The van der Waals surface area contributed by atoms with Gasteiger partial charge in [-0.05, 0) is 19.1 Å². The van der Waals surface area contributed by atoms with Gasteiger partial charge in [0.15, 0.2) is 0 Å². The van der Waals surface area contributed by atoms with E-state index in [1.165, 1.54) is 12.1 Å². The molecule has 8 nitrogen and oxygen atoms in total. The smallest absolute Gasteiger partial charge is 0.306 e. The molecule has 0 aliphatic rings. The van der Waals surface area contributed by atoms with E-state index >= 15 is 0 Å². The largest absolute Gasteiger partial charge is 0.412 e. The molecule has 1 rings (SSSR count). The third-order valence-corrected chi connectivity index (χ3v) is 2.43. The van der Waals surface area contributed by atoms with Crippen molar-refractivity contribution in [3.63, 3.8) is 0 Å². The normalized spacial score (nSPS) is 8.95. The Kier molecular flexibility index (Phi) is 11.0. The number of benzene rings is 1. The second-order valence-electron chi connectivity index (χ2n) is 3.02. The van der Waals surface area contributed by atoms with Gasteiger partial charge in [-0.15, -0.1) is 12.4 Å². The number of carbonyl (C=O) groups excluding carboxylic acids is 2. The molecule has 2 amide bonds. The highest BCUT2D eigenvalue weighted by Gasteiger charge is 2.06. The Labute approximate surface area is 116 Å². The topological polar surface area (TPSA) is 172 Å². The lowest BCUT2D eigenvalue weighted by Gasteiger charge is -1.95. The molecule has 10 heteroatoms. The van der Waals surface area contributed by atoms with Crippen molar-refractivity contribution in [1.82, 2.24) is 0 Å². The first kappa shape index (κ1) is 22.5. The van der Waals surface area contributed by atoms with Crippen LogP contribution in [0.25, 0.3) is 0 Å². The number of nitrogens with two attached hydrogens (primary N) is 2. The first-order valence-electron chi connectivity index (χ1n) is 4.28. The van der Waals surface area contributed by atoms with Crippen LogP contribution in [0.4, 0.5) is 0 Å². The fraction of sp³-hybridized carbons (Fsp3) is 0.111. The van der Waals surface area contributed by atoms with Gasteiger partial charge in [-0.3, -0.25) is 14.1 Å². The van der Waals surface area contributed by atoms with E-state index in [0.29, 0.717) is 0 Å². The first-order chi connectivity index (χ1) is 7.64. The maximum absolute atomic E-state index is 10.5. The Morgan fingerprint density at radius 3 is 1.58 bits per heavy atom. The highest BCUT2D eigenvalue weighted by Crippen LogP contribution is 2.08. The number of aryl methyl sites for hydroxylation is 1. The van der Waals surface area contributed by atoms with Gasteiger partial charge in [-0.2, -0.15) is 8.42 Å². The van der Waals surface area contributed by atoms with Crippen molar-refractivity contribution in [2.24, 2.45) is 11.5 Å². The number of carbonyl (C=O) groups is 2. The zero-order valence-electron chi connectivity index (χ0n) is 9.86. The highest BCUT2D eigenvalue weighted by atomic mass is 35.5. The molecule has 0 atom stereocenters. The SMILES string of the molecule is Cc1ccc(S(=O)(=O)O)cc1.Cl.NC(=O)C(N)=O.O. The van der Waals surface area contributed by atoms with E-state index in [1.54, 1.807) is 12.1 Å². The summed E-state index contributed by atoms with van der Waals surface area (Å²) in [6, 6.07) is 5.99. The van der Waals surface area contributed by atoms with Crippen LogP contribution in [0.1, 0.15) is 5.56 Å². The summed E-state index contributed by atoms with van der Waals surface area (Å²) in [4.78, 5) is 18.8. The first-order valence-corrected chi connectivity index (χ1v) is 5.72. The molecule has 0 saturated heterocycles. The number of primary amides is 2. The molecule has 1 aromatic carbocycles. The Morgan fingerprint density at radius 2 is 1.37 bits per heavy atom. The molecule has 0 bridgehead atoms. The van der Waals surface area contributed by atoms with Gasteiger partial charge in [0.25, 0.3) is 10.1 Å². The minimum atomic E-state index is -4.02. The molecular formula is C9H15ClN2O6S. The van der Waals surface area contributed by atoms with Crippen LogP contribution >= 0.6 is 12.4 Å². The lowest BCUT2D eigenvalue weighted by molar-refractivity contribution is -0.135. The second-order valence-corrected chi connectivity index (χ2v) is 4.44. The zero-order valence-corrected chi connectivity index (χ0v) is 11.5. The van der Waals surface area contributed by atoms with Gasteiger partial charge in [0.1, 0.15) is 0 Å². The summed E-state index contributed by atoms with van der Waals surface area (Å²) < 4.78 is 29.6. The average Bonchev–Trinajstić information content (AvgIpc) is 2.17. The lowest BCUT2D eigenvalue weighted by atomic mass is 10.2. The fourth-order valence-corrected chi connectivity index (χ4v) is 1.19. The molecule has 0 saturated carbocycles. The maximum Gasteiger partial charge on any atom is 0.306 e. The van der Waals surface area contributed by atoms with E-state index in [9.17, 15) is 18.0 Å². The highest BCUT2D eigenvalue weighted by molar-refractivity contribution is 7.85. The third kappa shape index (κ3) is 9.97. The zero-order chi connectivity index (χ0) is 13.6. The van der Waals surface area contributed by atoms with Gasteiger partial charge in [-0.1, -0.05) is 17.7 Å². The number of hydrogen-bond acceptors (Lipinski definition) is 4. The van der Waals surface area contributed by atoms with E-state index < -0.39 is 21.9 Å². The molecule has 0 aliphatic carbocycles. The van der Waals surface area contributed by atoms with Crippen molar-refractivity contribution >= 4 is 34.3 Å². The van der Waals surface area contributed by atoms with Gasteiger partial charge in [0, 0.05) is 0 Å². The summed E-state index contributed by atoms with van der Waals surface area (Å²) in [6.07, 6.45) is 0. The molecule has 0 radical (unpaired) electrons. The molecule has 1 aromatic rings. The predicted octanol–water partition coefficient (Wildman–Crippen LogP) is -1.20. The quantitative estimate of drug-likeness (QED) is 0.435. The Morgan fingerprint density at radius 1 is 1.05 bits per heavy atom. The van der Waals surface area contributed by atoms with Gasteiger partial charge in [0.2, 0.25) is 0 Å². The van der Waals surface area contributed by atoms with Crippen molar-refractivity contribution in [2.45, 2.75) is 11.8 Å². The summed E-state index contributed by atoms with van der Waals surface area (Å²) in [7, 11) is -4.02. The number of amides is 2. The van der Waals surface area contributed by atoms with E-state index in [-0.39, 0.29) is 22.8 Å². The second kappa shape index (κ2) is 9.28. The van der Waals surface area contributed by atoms with Gasteiger partial charge in [-0.25, -0.2) is 0 Å². The van der Waals surface area contributed by atoms with Crippen molar-refractivity contribution in [2.75, 3.05) is 0 Å². The van der Waals surface area contributed by atoms with Crippen LogP contribution in [-0.2, 0) is 19.7 Å². The molecule has 0 fully saturated rings. The number of halogens is 1. The lowest BCUT2D eigenvalue weighted by Crippen LogP contribution is -2.29. The van der Waals surface area contributed by atoms with E-state index in [1.807, 2.05) is 6.92 Å². The predicted molar refractivity (Wildman–Crippen MR) is 70.2 cm³/mol. The fourth-order valence-electron chi connectivity index (χ4n) is 0.710. The monoisotopic (exact) mass is 314 g/mol. The van der Waals surface area contributed by atoms with Crippen LogP contribution in [0.15, 0.2) is 29.2 Å². The summed E-state index contributed by atoms with van der Waals surface area (Å²) in [5.74, 6) is -2.20. The Balaban J connectivity index is -0.000000282. The molecule has 19 heavy (non-hydrogen) atoms. The Bertz CT molecular complexity index is 502. The van der Waals surface area contributed by atoms with Crippen LogP contribution in [0.2, 0.25) is 0 Å². The van der Waals surface area contributed by atoms with Crippen molar-refractivity contribution in [1.29, 1.82) is 0 Å². The minimum Gasteiger partial charge on any atom is -0.412 e. The molecule has 0 aromatic heterocycles. The van der Waals surface area contributed by atoms with Crippen LogP contribution in [0.3, 0.4) is 0 Å². The molecule has 0 spiro atoms. The standard InChI is InChI=1S/C7H8O3S.C2H4N2O2.ClH.H2O/c1-6-2-4-7(5-3-6)11(8,9)10;3-1(5)2(4)6;;/h2-5H,1H3,(H,8,9,10);(H2,3,5)(H2,4,6);1H;1H2. The van der Waals surface area contributed by atoms with E-state index in [0.717, 1.165) is 5.56 Å². The molecule has 0 aliphatic heterocycles. The summed E-state index contributed by atoms with van der Waals surface area (Å²) in [5.41, 5.74) is 9.60. The van der Waals surface area contributed by atoms with Crippen molar-refractivity contribution < 1.29 is 28.0 Å². The summed E-state index contributed by atoms with van der Waals surface area (Å²) in [6.45, 7) is 1.84. The minimum absolute atomic E-state index is 0. The van der Waals surface area contributed by atoms with Crippen LogP contribution in [-0.4, -0.2) is 30.3 Å². The molecule has 7 N–H and O–H groups in total. The molecule has 110 valence electrons. The van der Waals surface area contributed by atoms with Gasteiger partial charge < -0.3 is 16.9 Å². The van der Waals surface area contributed by atoms with Gasteiger partial charge in [0.05, 0.1) is 4.90 Å². The van der Waals surface area contributed by atoms with Crippen molar-refractivity contribution in [3.05, 3.63) is 29.8 Å². The summed E-state index contributed by atoms with van der Waals surface area (Å²) >= 11 is 0. The van der Waals surface area contributed by atoms with Gasteiger partial charge >= 0.3 is 11.8 Å². The number of hydrogen-bond donors (Lipinski definition) is 3. The van der Waals surface area contributed by atoms with Crippen molar-refractivity contribution in [3.8, 4) is 0 Å². The summed E-state index contributed by atoms with van der Waals surface area (Å²) in [5, 5.41) is 0. The average molecular weight is 315 g/mol. The third-order valence-electron chi connectivity index (χ3n) is 1.56. The van der Waals surface area contributed by atoms with E-state index in [2.05, 4.69) is 11.5 Å². The molecular weight excluding hydrogens is 300 g/mol. The van der Waals surface area contributed by atoms with Crippen LogP contribution in [0.5, 0.6) is 0 Å². The van der Waals surface area contributed by atoms with Crippen LogP contribution < -0.4 is 11.5 Å². The molecule has 0 unspecified atom stereocenters. The van der Waals surface area contributed by atoms with Crippen LogP contribution in [0, 0.1) is 6.92 Å². The Hall–Kier alpha value is -1.68. The number of rotatable bonds is 1. The van der Waals surface area contributed by atoms with E-state index in [4.69, 9.17) is 4.55 Å².